The summed E-state index contributed by atoms with van der Waals surface area (Å²) in [4.78, 5) is 2.16. The van der Waals surface area contributed by atoms with Crippen LogP contribution < -0.4 is 0 Å². The molecule has 3 heteroatoms. The number of nitrogens with zero attached hydrogens (tertiary/aromatic N) is 2. The van der Waals surface area contributed by atoms with E-state index in [0.29, 0.717) is 6.42 Å². The quantitative estimate of drug-likeness (QED) is 0.742. The first-order chi connectivity index (χ1) is 8.38. The Balaban J connectivity index is 2.01. The molecule has 0 unspecified atom stereocenters. The highest BCUT2D eigenvalue weighted by Gasteiger charge is 2.08. The van der Waals surface area contributed by atoms with E-state index in [-0.39, 0.29) is 0 Å². The van der Waals surface area contributed by atoms with E-state index in [0.717, 1.165) is 31.9 Å². The average Bonchev–Trinajstić information content (AvgIpc) is 2.40. The van der Waals surface area contributed by atoms with Crippen molar-refractivity contribution in [3.05, 3.63) is 47.7 Å². The molecule has 2 rings (SSSR count). The summed E-state index contributed by atoms with van der Waals surface area (Å²) < 4.78 is 5.28. The van der Waals surface area contributed by atoms with Crippen molar-refractivity contribution in [3.8, 4) is 6.07 Å². The summed E-state index contributed by atoms with van der Waals surface area (Å²) in [5.74, 6) is 0. The minimum absolute atomic E-state index is 0.703. The van der Waals surface area contributed by atoms with Crippen molar-refractivity contribution in [1.82, 2.24) is 4.90 Å². The topological polar surface area (TPSA) is 36.3 Å². The third-order valence-electron chi connectivity index (χ3n) is 2.77. The molecule has 0 radical (unpaired) electrons. The van der Waals surface area contributed by atoms with Crippen molar-refractivity contribution >= 4 is 0 Å². The Labute approximate surface area is 102 Å². The molecular weight excluding hydrogens is 212 g/mol. The number of morpholine rings is 1. The number of ether oxygens (including phenoxy) is 1. The highest BCUT2D eigenvalue weighted by atomic mass is 16.5. The third kappa shape index (κ3) is 3.61. The van der Waals surface area contributed by atoms with Crippen LogP contribution in [-0.4, -0.2) is 31.2 Å². The van der Waals surface area contributed by atoms with Crippen LogP contribution in [0.5, 0.6) is 0 Å². The van der Waals surface area contributed by atoms with Crippen molar-refractivity contribution < 1.29 is 4.74 Å². The number of nitriles is 1. The first-order valence-electron chi connectivity index (χ1n) is 5.85. The molecule has 1 aromatic carbocycles. The smallest absolute Gasteiger partial charge is 0.0965 e. The molecular formula is C14H16N2O. The standard InChI is InChI=1S/C14H16N2O/c15-11-14(10-13-4-2-1-3-5-13)12-16-6-8-17-9-7-16/h1-5,12H,6-10H2/b14-12-. The Morgan fingerprint density at radius 2 is 2.00 bits per heavy atom. The lowest BCUT2D eigenvalue weighted by atomic mass is 10.1. The molecule has 0 aliphatic carbocycles. The van der Waals surface area contributed by atoms with Crippen LogP contribution in [0.1, 0.15) is 5.56 Å². The molecule has 0 N–H and O–H groups in total. The summed E-state index contributed by atoms with van der Waals surface area (Å²) in [5.41, 5.74) is 1.98. The van der Waals surface area contributed by atoms with Gasteiger partial charge in [-0.05, 0) is 5.56 Å². The normalized spacial score (nSPS) is 16.6. The van der Waals surface area contributed by atoms with Crippen LogP contribution in [-0.2, 0) is 11.2 Å². The van der Waals surface area contributed by atoms with Crippen LogP contribution in [0.25, 0.3) is 0 Å². The van der Waals surface area contributed by atoms with E-state index in [9.17, 15) is 0 Å². The maximum Gasteiger partial charge on any atom is 0.0965 e. The first-order valence-corrected chi connectivity index (χ1v) is 5.85. The van der Waals surface area contributed by atoms with Crippen LogP contribution in [0.15, 0.2) is 42.1 Å². The number of benzene rings is 1. The zero-order valence-electron chi connectivity index (χ0n) is 9.80. The highest BCUT2D eigenvalue weighted by Crippen LogP contribution is 2.09. The molecule has 1 aliphatic rings. The predicted molar refractivity (Wildman–Crippen MR) is 66.2 cm³/mol. The summed E-state index contributed by atoms with van der Waals surface area (Å²) in [6.45, 7) is 3.25. The Hall–Kier alpha value is -1.79. The van der Waals surface area contributed by atoms with E-state index in [1.807, 2.05) is 36.5 Å². The average molecular weight is 228 g/mol. The predicted octanol–water partition coefficient (Wildman–Crippen LogP) is 1.97. The van der Waals surface area contributed by atoms with E-state index in [1.165, 1.54) is 5.56 Å². The van der Waals surface area contributed by atoms with E-state index >= 15 is 0 Å². The summed E-state index contributed by atoms with van der Waals surface area (Å²) in [5, 5.41) is 9.14. The van der Waals surface area contributed by atoms with Crippen LogP contribution in [0.3, 0.4) is 0 Å². The molecule has 1 saturated heterocycles. The summed E-state index contributed by atoms with van der Waals surface area (Å²) >= 11 is 0. The second-order valence-electron chi connectivity index (χ2n) is 4.08. The lowest BCUT2D eigenvalue weighted by Gasteiger charge is -2.25. The summed E-state index contributed by atoms with van der Waals surface area (Å²) in [6, 6.07) is 12.4. The molecule has 0 aromatic heterocycles. The van der Waals surface area contributed by atoms with Crippen molar-refractivity contribution in [2.75, 3.05) is 26.3 Å². The van der Waals surface area contributed by atoms with Crippen molar-refractivity contribution in [1.29, 1.82) is 5.26 Å². The van der Waals surface area contributed by atoms with Gasteiger partial charge in [0.25, 0.3) is 0 Å². The number of rotatable bonds is 3. The van der Waals surface area contributed by atoms with Gasteiger partial charge in [-0.3, -0.25) is 0 Å². The Morgan fingerprint density at radius 3 is 2.65 bits per heavy atom. The minimum Gasteiger partial charge on any atom is -0.378 e. The van der Waals surface area contributed by atoms with Crippen molar-refractivity contribution in [2.24, 2.45) is 0 Å². The fourth-order valence-corrected chi connectivity index (χ4v) is 1.86. The van der Waals surface area contributed by atoms with Gasteiger partial charge in [-0.25, -0.2) is 0 Å². The monoisotopic (exact) mass is 228 g/mol. The zero-order chi connectivity index (χ0) is 11.9. The van der Waals surface area contributed by atoms with Crippen LogP contribution in [0.4, 0.5) is 0 Å². The van der Waals surface area contributed by atoms with Gasteiger partial charge >= 0.3 is 0 Å². The van der Waals surface area contributed by atoms with E-state index < -0.39 is 0 Å². The number of hydrogen-bond acceptors (Lipinski definition) is 3. The molecule has 1 heterocycles. The molecule has 0 amide bonds. The van der Waals surface area contributed by atoms with Gasteiger partial charge in [0.2, 0.25) is 0 Å². The van der Waals surface area contributed by atoms with Gasteiger partial charge in [0.15, 0.2) is 0 Å². The van der Waals surface area contributed by atoms with Gasteiger partial charge in [-0.2, -0.15) is 5.26 Å². The van der Waals surface area contributed by atoms with Gasteiger partial charge < -0.3 is 9.64 Å². The van der Waals surface area contributed by atoms with E-state index in [4.69, 9.17) is 10.00 Å². The Kier molecular flexibility index (Phi) is 4.17. The third-order valence-corrected chi connectivity index (χ3v) is 2.77. The van der Waals surface area contributed by atoms with Crippen LogP contribution in [0, 0.1) is 11.3 Å². The summed E-state index contributed by atoms with van der Waals surface area (Å²) in [6.07, 6.45) is 2.67. The van der Waals surface area contributed by atoms with Gasteiger partial charge in [-0.15, -0.1) is 0 Å². The molecule has 0 bridgehead atoms. The molecule has 1 aliphatic heterocycles. The van der Waals surface area contributed by atoms with Gasteiger partial charge in [0, 0.05) is 31.3 Å². The first kappa shape index (κ1) is 11.7. The fraction of sp³-hybridized carbons (Fsp3) is 0.357. The van der Waals surface area contributed by atoms with Crippen LogP contribution >= 0.6 is 0 Å². The van der Waals surface area contributed by atoms with E-state index in [1.54, 1.807) is 0 Å². The molecule has 88 valence electrons. The minimum atomic E-state index is 0.703. The Bertz CT molecular complexity index is 414. The van der Waals surface area contributed by atoms with Gasteiger partial charge in [0.1, 0.15) is 0 Å². The molecule has 0 spiro atoms. The SMILES string of the molecule is N#C/C(=C\N1CCOCC1)Cc1ccccc1. The second kappa shape index (κ2) is 6.07. The van der Waals surface area contributed by atoms with Gasteiger partial charge in [-0.1, -0.05) is 30.3 Å². The molecule has 17 heavy (non-hydrogen) atoms. The van der Waals surface area contributed by atoms with Gasteiger partial charge in [0.05, 0.1) is 19.3 Å². The zero-order valence-corrected chi connectivity index (χ0v) is 9.80. The highest BCUT2D eigenvalue weighted by molar-refractivity contribution is 5.29. The maximum atomic E-state index is 9.14. The molecule has 1 aromatic rings. The van der Waals surface area contributed by atoms with E-state index in [2.05, 4.69) is 11.0 Å². The summed E-state index contributed by atoms with van der Waals surface area (Å²) in [7, 11) is 0. The maximum absolute atomic E-state index is 9.14. The lowest BCUT2D eigenvalue weighted by Crippen LogP contribution is -2.32. The Morgan fingerprint density at radius 1 is 1.29 bits per heavy atom. The molecule has 0 saturated carbocycles. The number of hydrogen-bond donors (Lipinski definition) is 0. The molecule has 3 nitrogen and oxygen atoms in total. The largest absolute Gasteiger partial charge is 0.378 e. The number of allylic oxidation sites excluding steroid dienone is 1. The molecule has 0 atom stereocenters. The van der Waals surface area contributed by atoms with Crippen LogP contribution in [0.2, 0.25) is 0 Å². The molecule has 1 fully saturated rings. The second-order valence-corrected chi connectivity index (χ2v) is 4.08. The lowest BCUT2D eigenvalue weighted by molar-refractivity contribution is 0.0591. The van der Waals surface area contributed by atoms with Crippen molar-refractivity contribution in [3.63, 3.8) is 0 Å². The van der Waals surface area contributed by atoms with Crippen molar-refractivity contribution in [2.45, 2.75) is 6.42 Å². The fourth-order valence-electron chi connectivity index (χ4n) is 1.86.